The Balaban J connectivity index is 1.93. The van der Waals surface area contributed by atoms with Crippen molar-refractivity contribution >= 4 is 10.9 Å². The van der Waals surface area contributed by atoms with Crippen LogP contribution < -0.4 is 5.43 Å². The summed E-state index contributed by atoms with van der Waals surface area (Å²) in [5.41, 5.74) is 4.72. The lowest BCUT2D eigenvalue weighted by molar-refractivity contribution is 0.191. The Bertz CT molecular complexity index is 1240. The van der Waals surface area contributed by atoms with Gasteiger partial charge in [0.15, 0.2) is 5.75 Å². The fraction of sp³-hybridized carbons (Fsp3) is 0.130. The van der Waals surface area contributed by atoms with E-state index in [9.17, 15) is 15.0 Å². The number of hydrogen-bond acceptors (Lipinski definition) is 4. The Morgan fingerprint density at radius 1 is 1.07 bits per heavy atom. The smallest absolute Gasteiger partial charge is 0.223 e. The first-order valence-corrected chi connectivity index (χ1v) is 9.04. The lowest BCUT2D eigenvalue weighted by atomic mass is 9.98. The van der Waals surface area contributed by atoms with Gasteiger partial charge >= 0.3 is 0 Å². The van der Waals surface area contributed by atoms with Crippen molar-refractivity contribution in [3.05, 3.63) is 88.5 Å². The summed E-state index contributed by atoms with van der Waals surface area (Å²) in [7, 11) is 0. The summed E-state index contributed by atoms with van der Waals surface area (Å²) in [6.07, 6.45) is 2.27. The molecular weight excluding hydrogens is 352 g/mol. The van der Waals surface area contributed by atoms with Crippen LogP contribution in [0.4, 0.5) is 0 Å². The molecule has 28 heavy (non-hydrogen) atoms. The van der Waals surface area contributed by atoms with Gasteiger partial charge in [-0.3, -0.25) is 9.78 Å². The minimum Gasteiger partial charge on any atom is -0.503 e. The molecule has 0 saturated carbocycles. The summed E-state index contributed by atoms with van der Waals surface area (Å²) in [4.78, 5) is 16.3. The monoisotopic (exact) mass is 372 g/mol. The lowest BCUT2D eigenvalue weighted by Gasteiger charge is -2.17. The van der Waals surface area contributed by atoms with Crippen LogP contribution in [0.3, 0.4) is 0 Å². The number of nitrogens with zero attached hydrogens (tertiary/aromatic N) is 2. The third kappa shape index (κ3) is 3.06. The standard InChI is InChI=1S/C23H20N2O3/c1-14-8-9-18(19-7-4-10-24-23(14)19)16-5-3-6-17(11-16)25-13-22(28)21(27)12-20(25)15(2)26/h3-13,15,26,28H,1-2H3. The van der Waals surface area contributed by atoms with Crippen molar-refractivity contribution in [2.75, 3.05) is 0 Å². The first-order valence-electron chi connectivity index (χ1n) is 9.04. The molecule has 5 nitrogen and oxygen atoms in total. The van der Waals surface area contributed by atoms with Gasteiger partial charge in [0.05, 0.1) is 23.5 Å². The van der Waals surface area contributed by atoms with Gasteiger partial charge in [-0.15, -0.1) is 0 Å². The molecule has 2 N–H and O–H groups in total. The Morgan fingerprint density at radius 2 is 1.89 bits per heavy atom. The van der Waals surface area contributed by atoms with E-state index in [2.05, 4.69) is 11.1 Å². The van der Waals surface area contributed by atoms with E-state index in [1.165, 1.54) is 12.3 Å². The number of aliphatic hydroxyl groups excluding tert-OH is 1. The van der Waals surface area contributed by atoms with Crippen LogP contribution in [0.5, 0.6) is 5.75 Å². The van der Waals surface area contributed by atoms with Crippen molar-refractivity contribution in [1.29, 1.82) is 0 Å². The van der Waals surface area contributed by atoms with Gasteiger partial charge in [-0.1, -0.05) is 30.3 Å². The van der Waals surface area contributed by atoms with E-state index in [0.717, 1.165) is 33.3 Å². The van der Waals surface area contributed by atoms with E-state index >= 15 is 0 Å². The highest BCUT2D eigenvalue weighted by Crippen LogP contribution is 2.31. The van der Waals surface area contributed by atoms with Crippen LogP contribution in [0.15, 0.2) is 71.8 Å². The van der Waals surface area contributed by atoms with Crippen LogP contribution in [0.2, 0.25) is 0 Å². The molecular formula is C23H20N2O3. The molecule has 0 aliphatic rings. The summed E-state index contributed by atoms with van der Waals surface area (Å²) < 4.78 is 1.64. The molecule has 4 aromatic rings. The van der Waals surface area contributed by atoms with Crippen molar-refractivity contribution in [3.63, 3.8) is 0 Å². The predicted molar refractivity (Wildman–Crippen MR) is 110 cm³/mol. The van der Waals surface area contributed by atoms with E-state index in [1.807, 2.05) is 49.4 Å². The summed E-state index contributed by atoms with van der Waals surface area (Å²) in [5.74, 6) is -0.361. The summed E-state index contributed by atoms with van der Waals surface area (Å²) in [5, 5.41) is 21.0. The number of rotatable bonds is 3. The van der Waals surface area contributed by atoms with Crippen LogP contribution in [-0.2, 0) is 0 Å². The molecule has 0 aliphatic heterocycles. The van der Waals surface area contributed by atoms with E-state index < -0.39 is 11.5 Å². The highest BCUT2D eigenvalue weighted by atomic mass is 16.3. The SMILES string of the molecule is Cc1ccc(-c2cccc(-n3cc(O)c(=O)cc3C(C)O)c2)c2cccnc12. The van der Waals surface area contributed by atoms with E-state index in [4.69, 9.17) is 0 Å². The summed E-state index contributed by atoms with van der Waals surface area (Å²) >= 11 is 0. The minimum atomic E-state index is -0.860. The Hall–Kier alpha value is -3.44. The van der Waals surface area contributed by atoms with Crippen molar-refractivity contribution in [3.8, 4) is 22.6 Å². The average molecular weight is 372 g/mol. The summed E-state index contributed by atoms with van der Waals surface area (Å²) in [6.45, 7) is 3.62. The van der Waals surface area contributed by atoms with Crippen molar-refractivity contribution in [1.82, 2.24) is 9.55 Å². The second-order valence-corrected chi connectivity index (χ2v) is 6.87. The normalized spacial score (nSPS) is 12.2. The molecule has 0 amide bonds. The molecule has 0 bridgehead atoms. The van der Waals surface area contributed by atoms with Gasteiger partial charge in [-0.25, -0.2) is 0 Å². The van der Waals surface area contributed by atoms with Crippen molar-refractivity contribution in [2.24, 2.45) is 0 Å². The zero-order chi connectivity index (χ0) is 19.8. The molecule has 0 spiro atoms. The number of aromatic hydroxyl groups is 1. The van der Waals surface area contributed by atoms with Gasteiger partial charge in [-0.05, 0) is 48.7 Å². The third-order valence-corrected chi connectivity index (χ3v) is 4.90. The molecule has 2 heterocycles. The second kappa shape index (κ2) is 6.94. The van der Waals surface area contributed by atoms with Crippen LogP contribution >= 0.6 is 0 Å². The predicted octanol–water partition coefficient (Wildman–Crippen LogP) is 4.12. The number of benzene rings is 2. The number of pyridine rings is 2. The molecule has 2 aromatic carbocycles. The van der Waals surface area contributed by atoms with Crippen molar-refractivity contribution < 1.29 is 10.2 Å². The van der Waals surface area contributed by atoms with Crippen LogP contribution in [-0.4, -0.2) is 19.8 Å². The van der Waals surface area contributed by atoms with Crippen LogP contribution in [0.1, 0.15) is 24.3 Å². The number of aryl methyl sites for hydroxylation is 1. The molecule has 140 valence electrons. The minimum absolute atomic E-state index is 0.361. The van der Waals surface area contributed by atoms with Gasteiger partial charge < -0.3 is 14.8 Å². The largest absolute Gasteiger partial charge is 0.503 e. The van der Waals surface area contributed by atoms with Gasteiger partial charge in [0.2, 0.25) is 5.43 Å². The molecule has 0 fully saturated rings. The maximum atomic E-state index is 11.8. The molecule has 0 aliphatic carbocycles. The van der Waals surface area contributed by atoms with Gasteiger partial charge in [0.1, 0.15) is 0 Å². The van der Waals surface area contributed by atoms with Gasteiger partial charge in [-0.2, -0.15) is 0 Å². The fourth-order valence-electron chi connectivity index (χ4n) is 3.47. The fourth-order valence-corrected chi connectivity index (χ4v) is 3.47. The average Bonchev–Trinajstić information content (AvgIpc) is 2.70. The Morgan fingerprint density at radius 3 is 2.68 bits per heavy atom. The van der Waals surface area contributed by atoms with E-state index in [-0.39, 0.29) is 5.75 Å². The molecule has 4 rings (SSSR count). The molecule has 1 unspecified atom stereocenters. The van der Waals surface area contributed by atoms with E-state index in [1.54, 1.807) is 17.7 Å². The Labute approximate surface area is 162 Å². The third-order valence-electron chi connectivity index (χ3n) is 4.90. The molecule has 0 radical (unpaired) electrons. The first-order chi connectivity index (χ1) is 13.5. The maximum Gasteiger partial charge on any atom is 0.223 e. The van der Waals surface area contributed by atoms with Gasteiger partial charge in [0.25, 0.3) is 0 Å². The second-order valence-electron chi connectivity index (χ2n) is 6.87. The number of hydrogen-bond donors (Lipinski definition) is 2. The highest BCUT2D eigenvalue weighted by molar-refractivity contribution is 5.96. The zero-order valence-electron chi connectivity index (χ0n) is 15.6. The maximum absolute atomic E-state index is 11.8. The molecule has 2 aromatic heterocycles. The number of aliphatic hydroxyl groups is 1. The van der Waals surface area contributed by atoms with E-state index in [0.29, 0.717) is 5.69 Å². The molecule has 5 heteroatoms. The molecule has 1 atom stereocenters. The number of aromatic nitrogens is 2. The van der Waals surface area contributed by atoms with Crippen LogP contribution in [0.25, 0.3) is 27.7 Å². The van der Waals surface area contributed by atoms with Gasteiger partial charge in [0, 0.05) is 23.3 Å². The van der Waals surface area contributed by atoms with Crippen LogP contribution in [0, 0.1) is 6.92 Å². The highest BCUT2D eigenvalue weighted by Gasteiger charge is 2.13. The molecule has 0 saturated heterocycles. The first kappa shape index (κ1) is 17.9. The Kier molecular flexibility index (Phi) is 4.45. The topological polar surface area (TPSA) is 75.4 Å². The quantitative estimate of drug-likeness (QED) is 0.567. The van der Waals surface area contributed by atoms with Crippen molar-refractivity contribution in [2.45, 2.75) is 20.0 Å². The zero-order valence-corrected chi connectivity index (χ0v) is 15.6. The lowest BCUT2D eigenvalue weighted by Crippen LogP contribution is -2.13. The number of fused-ring (bicyclic) bond motifs is 1. The summed E-state index contributed by atoms with van der Waals surface area (Å²) in [6, 6.07) is 17.1.